The van der Waals surface area contributed by atoms with Crippen molar-refractivity contribution in [1.29, 1.82) is 0 Å². The van der Waals surface area contributed by atoms with Crippen LogP contribution in [-0.2, 0) is 9.53 Å². The molecule has 1 heterocycles. The Hall–Kier alpha value is -3.48. The van der Waals surface area contributed by atoms with Gasteiger partial charge in [-0.25, -0.2) is 9.59 Å². The molecule has 0 bridgehead atoms. The molecule has 0 radical (unpaired) electrons. The fraction of sp³-hybridized carbons (Fsp3) is 0.304. The van der Waals surface area contributed by atoms with Crippen LogP contribution in [0.15, 0.2) is 45.6 Å². The summed E-state index contributed by atoms with van der Waals surface area (Å²) in [7, 11) is 3.09. The Balaban J connectivity index is 2.02. The van der Waals surface area contributed by atoms with Gasteiger partial charge in [-0.15, -0.1) is 0 Å². The summed E-state index contributed by atoms with van der Waals surface area (Å²) in [6.07, 6.45) is -0.777. The van der Waals surface area contributed by atoms with E-state index in [1.165, 1.54) is 7.11 Å². The minimum Gasteiger partial charge on any atom is -0.493 e. The number of esters is 1. The maximum absolute atomic E-state index is 12.8. The topological polar surface area (TPSA) is 84.2 Å². The van der Waals surface area contributed by atoms with Crippen LogP contribution in [0.5, 0.6) is 17.2 Å². The van der Waals surface area contributed by atoms with E-state index in [2.05, 4.69) is 0 Å². The summed E-state index contributed by atoms with van der Waals surface area (Å²) >= 11 is 0. The molecule has 158 valence electrons. The molecule has 0 saturated carbocycles. The van der Waals surface area contributed by atoms with Crippen molar-refractivity contribution in [2.24, 2.45) is 0 Å². The van der Waals surface area contributed by atoms with Gasteiger partial charge in [0.1, 0.15) is 11.3 Å². The van der Waals surface area contributed by atoms with E-state index in [1.807, 2.05) is 6.92 Å². The number of carbonyl (C=O) groups excluding carboxylic acids is 1. The minimum atomic E-state index is -0.777. The largest absolute Gasteiger partial charge is 0.493 e. The molecule has 1 aromatic heterocycles. The van der Waals surface area contributed by atoms with E-state index < -0.39 is 17.7 Å². The molecule has 0 aliphatic rings. The lowest BCUT2D eigenvalue weighted by molar-refractivity contribution is -0.150. The maximum Gasteiger partial charge on any atom is 0.347 e. The summed E-state index contributed by atoms with van der Waals surface area (Å²) in [6.45, 7) is 5.46. The Morgan fingerprint density at radius 3 is 2.47 bits per heavy atom. The predicted molar refractivity (Wildman–Crippen MR) is 112 cm³/mol. The third-order valence-corrected chi connectivity index (χ3v) is 4.74. The molecule has 30 heavy (non-hydrogen) atoms. The fourth-order valence-electron chi connectivity index (χ4n) is 3.25. The molecule has 1 atom stereocenters. The molecule has 2 aromatic carbocycles. The standard InChI is InChI=1S/C23H24O7/c1-6-28-22(24)14(3)29-16-8-9-17-13(2)21(23(25)30-19(17)12-16)15-7-10-18(26-4)20(11-15)27-5/h7-12,14H,6H2,1-5H3/t14-/m1/s1. The van der Waals surface area contributed by atoms with Crippen LogP contribution < -0.4 is 19.8 Å². The first-order chi connectivity index (χ1) is 14.4. The highest BCUT2D eigenvalue weighted by atomic mass is 16.6. The summed E-state index contributed by atoms with van der Waals surface area (Å²) in [5.41, 5.74) is 1.76. The zero-order valence-corrected chi connectivity index (χ0v) is 17.6. The first kappa shape index (κ1) is 21.2. The number of fused-ring (bicyclic) bond motifs is 1. The number of hydrogen-bond donors (Lipinski definition) is 0. The van der Waals surface area contributed by atoms with E-state index in [4.69, 9.17) is 23.4 Å². The lowest BCUT2D eigenvalue weighted by Gasteiger charge is -2.14. The lowest BCUT2D eigenvalue weighted by atomic mass is 9.99. The highest BCUT2D eigenvalue weighted by Crippen LogP contribution is 2.34. The summed E-state index contributed by atoms with van der Waals surface area (Å²) in [4.78, 5) is 24.6. The molecule has 0 spiro atoms. The average molecular weight is 412 g/mol. The Kier molecular flexibility index (Phi) is 6.30. The van der Waals surface area contributed by atoms with Crippen LogP contribution in [-0.4, -0.2) is 32.9 Å². The van der Waals surface area contributed by atoms with Crippen LogP contribution in [0, 0.1) is 6.92 Å². The van der Waals surface area contributed by atoms with E-state index in [0.717, 1.165) is 10.9 Å². The highest BCUT2D eigenvalue weighted by Gasteiger charge is 2.18. The number of carbonyl (C=O) groups is 1. The molecule has 0 N–H and O–H groups in total. The number of methoxy groups -OCH3 is 2. The lowest BCUT2D eigenvalue weighted by Crippen LogP contribution is -2.26. The zero-order valence-electron chi connectivity index (χ0n) is 17.6. The number of benzene rings is 2. The number of aryl methyl sites for hydroxylation is 1. The van der Waals surface area contributed by atoms with Crippen LogP contribution >= 0.6 is 0 Å². The van der Waals surface area contributed by atoms with Gasteiger partial charge in [-0.05, 0) is 56.2 Å². The summed E-state index contributed by atoms with van der Waals surface area (Å²) in [5, 5.41) is 0.760. The Labute approximate surface area is 174 Å². The van der Waals surface area contributed by atoms with Crippen molar-refractivity contribution in [3.63, 3.8) is 0 Å². The summed E-state index contributed by atoms with van der Waals surface area (Å²) in [6, 6.07) is 10.4. The monoisotopic (exact) mass is 412 g/mol. The second kappa shape index (κ2) is 8.90. The van der Waals surface area contributed by atoms with Crippen molar-refractivity contribution in [1.82, 2.24) is 0 Å². The molecule has 0 aliphatic carbocycles. The first-order valence-corrected chi connectivity index (χ1v) is 9.52. The van der Waals surface area contributed by atoms with Crippen molar-refractivity contribution in [2.75, 3.05) is 20.8 Å². The number of hydrogen-bond acceptors (Lipinski definition) is 7. The van der Waals surface area contributed by atoms with Gasteiger partial charge >= 0.3 is 11.6 Å². The second-order valence-corrected chi connectivity index (χ2v) is 6.63. The minimum absolute atomic E-state index is 0.275. The molecule has 0 amide bonds. The van der Waals surface area contributed by atoms with E-state index in [9.17, 15) is 9.59 Å². The Morgan fingerprint density at radius 2 is 1.80 bits per heavy atom. The van der Waals surface area contributed by atoms with Gasteiger partial charge in [-0.1, -0.05) is 6.07 Å². The summed E-state index contributed by atoms with van der Waals surface area (Å²) < 4.78 is 26.7. The first-order valence-electron chi connectivity index (χ1n) is 9.52. The van der Waals surface area contributed by atoms with E-state index in [1.54, 1.807) is 57.4 Å². The van der Waals surface area contributed by atoms with Crippen LogP contribution in [0.2, 0.25) is 0 Å². The van der Waals surface area contributed by atoms with Gasteiger partial charge in [0, 0.05) is 11.5 Å². The van der Waals surface area contributed by atoms with Crippen LogP contribution in [0.1, 0.15) is 19.4 Å². The number of rotatable bonds is 7. The van der Waals surface area contributed by atoms with Crippen LogP contribution in [0.25, 0.3) is 22.1 Å². The Bertz CT molecular complexity index is 1130. The van der Waals surface area contributed by atoms with E-state index in [-0.39, 0.29) is 6.61 Å². The Morgan fingerprint density at radius 1 is 1.07 bits per heavy atom. The summed E-state index contributed by atoms with van der Waals surface area (Å²) in [5.74, 6) is 1.04. The van der Waals surface area contributed by atoms with Gasteiger partial charge in [0.25, 0.3) is 0 Å². The van der Waals surface area contributed by atoms with Gasteiger partial charge < -0.3 is 23.4 Å². The van der Waals surface area contributed by atoms with Crippen LogP contribution in [0.3, 0.4) is 0 Å². The molecule has 0 fully saturated rings. The van der Waals surface area contributed by atoms with Crippen molar-refractivity contribution < 1.29 is 28.2 Å². The fourth-order valence-corrected chi connectivity index (χ4v) is 3.25. The van der Waals surface area contributed by atoms with Gasteiger partial charge in [-0.3, -0.25) is 0 Å². The molecule has 0 unspecified atom stereocenters. The van der Waals surface area contributed by atoms with Gasteiger partial charge in [0.15, 0.2) is 17.6 Å². The normalized spacial score (nSPS) is 11.8. The molecule has 7 heteroatoms. The third-order valence-electron chi connectivity index (χ3n) is 4.74. The quantitative estimate of drug-likeness (QED) is 0.426. The van der Waals surface area contributed by atoms with Gasteiger partial charge in [-0.2, -0.15) is 0 Å². The number of ether oxygens (including phenoxy) is 4. The van der Waals surface area contributed by atoms with Gasteiger partial charge in [0.2, 0.25) is 0 Å². The van der Waals surface area contributed by atoms with Crippen molar-refractivity contribution in [3.05, 3.63) is 52.4 Å². The van der Waals surface area contributed by atoms with Crippen molar-refractivity contribution in [2.45, 2.75) is 26.9 Å². The SMILES string of the molecule is CCOC(=O)[C@@H](C)Oc1ccc2c(C)c(-c3ccc(OC)c(OC)c3)c(=O)oc2c1. The molecule has 0 saturated heterocycles. The predicted octanol–water partition coefficient (Wildman–Crippen LogP) is 4.12. The maximum atomic E-state index is 12.8. The van der Waals surface area contributed by atoms with E-state index in [0.29, 0.717) is 34.0 Å². The molecule has 3 aromatic rings. The molecule has 3 rings (SSSR count). The average Bonchev–Trinajstić information content (AvgIpc) is 2.73. The van der Waals surface area contributed by atoms with E-state index >= 15 is 0 Å². The zero-order chi connectivity index (χ0) is 21.8. The molecule has 0 aliphatic heterocycles. The smallest absolute Gasteiger partial charge is 0.347 e. The molecular formula is C23H24O7. The second-order valence-electron chi connectivity index (χ2n) is 6.63. The van der Waals surface area contributed by atoms with Crippen LogP contribution in [0.4, 0.5) is 0 Å². The molecular weight excluding hydrogens is 388 g/mol. The van der Waals surface area contributed by atoms with Crippen molar-refractivity contribution >= 4 is 16.9 Å². The van der Waals surface area contributed by atoms with Gasteiger partial charge in [0.05, 0.1) is 26.4 Å². The molecule has 7 nitrogen and oxygen atoms in total. The van der Waals surface area contributed by atoms with Crippen molar-refractivity contribution in [3.8, 4) is 28.4 Å². The highest BCUT2D eigenvalue weighted by molar-refractivity contribution is 5.88. The third kappa shape index (κ3) is 4.10.